The molecular formula is C17H15ClN2O4. The monoisotopic (exact) mass is 346 g/mol. The van der Waals surface area contributed by atoms with Crippen LogP contribution in [0.15, 0.2) is 47.6 Å². The molecule has 24 heavy (non-hydrogen) atoms. The van der Waals surface area contributed by atoms with Crippen molar-refractivity contribution < 1.29 is 19.4 Å². The predicted octanol–water partition coefficient (Wildman–Crippen LogP) is 3.09. The fraction of sp³-hybridized carbons (Fsp3) is 0.118. The molecule has 0 aliphatic carbocycles. The first-order valence-corrected chi connectivity index (χ1v) is 7.38. The Morgan fingerprint density at radius 3 is 2.75 bits per heavy atom. The Bertz CT molecular complexity index is 790. The number of aromatic carboxylic acids is 1. The fourth-order valence-electron chi connectivity index (χ4n) is 1.87. The second kappa shape index (κ2) is 8.12. The summed E-state index contributed by atoms with van der Waals surface area (Å²) in [5.41, 5.74) is 3.93. The smallest absolute Gasteiger partial charge is 0.335 e. The molecule has 0 fully saturated rings. The van der Waals surface area contributed by atoms with Crippen molar-refractivity contribution in [2.24, 2.45) is 5.10 Å². The lowest BCUT2D eigenvalue weighted by Crippen LogP contribution is -2.12. The van der Waals surface area contributed by atoms with Gasteiger partial charge >= 0.3 is 5.97 Å². The highest BCUT2D eigenvalue weighted by Crippen LogP contribution is 2.26. The summed E-state index contributed by atoms with van der Waals surface area (Å²) in [4.78, 5) is 21.7. The molecule has 7 heteroatoms. The maximum absolute atomic E-state index is 10.9. The molecule has 2 N–H and O–H groups in total. The number of nitrogens with zero attached hydrogens (tertiary/aromatic N) is 1. The van der Waals surface area contributed by atoms with Gasteiger partial charge in [-0.15, -0.1) is 0 Å². The summed E-state index contributed by atoms with van der Waals surface area (Å²) in [6.45, 7) is 1.56. The van der Waals surface area contributed by atoms with Crippen LogP contribution in [0.2, 0.25) is 5.02 Å². The Kier molecular flexibility index (Phi) is 5.92. The topological polar surface area (TPSA) is 88.0 Å². The Morgan fingerprint density at radius 2 is 2.08 bits per heavy atom. The fourth-order valence-corrected chi connectivity index (χ4v) is 2.11. The summed E-state index contributed by atoms with van der Waals surface area (Å²) >= 11 is 6.15. The number of ether oxygens (including phenoxy) is 1. The first-order valence-electron chi connectivity index (χ1n) is 7.00. The van der Waals surface area contributed by atoms with Crippen LogP contribution < -0.4 is 10.2 Å². The molecule has 2 aromatic rings. The van der Waals surface area contributed by atoms with Crippen LogP contribution in [0.3, 0.4) is 0 Å². The van der Waals surface area contributed by atoms with Gasteiger partial charge in [0.05, 0.1) is 16.8 Å². The summed E-state index contributed by atoms with van der Waals surface area (Å²) in [5, 5.41) is 13.1. The second-order valence-corrected chi connectivity index (χ2v) is 5.32. The van der Waals surface area contributed by atoms with Gasteiger partial charge in [-0.3, -0.25) is 4.79 Å². The van der Waals surface area contributed by atoms with Crippen LogP contribution >= 0.6 is 11.6 Å². The zero-order valence-electron chi connectivity index (χ0n) is 12.8. The van der Waals surface area contributed by atoms with Crippen molar-refractivity contribution in [2.75, 3.05) is 0 Å². The number of amides is 1. The SMILES string of the molecule is CC(=O)N/N=C\c1ccc(OCc2cccc(C(=O)O)c2)c(Cl)c1. The summed E-state index contributed by atoms with van der Waals surface area (Å²) in [5.74, 6) is -0.785. The number of nitrogens with one attached hydrogen (secondary N) is 1. The number of hydrazone groups is 1. The summed E-state index contributed by atoms with van der Waals surface area (Å²) in [6.07, 6.45) is 1.47. The molecule has 0 heterocycles. The van der Waals surface area contributed by atoms with Gasteiger partial charge in [0.1, 0.15) is 12.4 Å². The zero-order chi connectivity index (χ0) is 17.5. The average molecular weight is 347 g/mol. The minimum atomic E-state index is -0.988. The van der Waals surface area contributed by atoms with E-state index in [-0.39, 0.29) is 18.1 Å². The molecule has 2 aromatic carbocycles. The van der Waals surface area contributed by atoms with Gasteiger partial charge in [0, 0.05) is 6.92 Å². The van der Waals surface area contributed by atoms with Crippen LogP contribution in [0.25, 0.3) is 0 Å². The number of halogens is 1. The minimum absolute atomic E-state index is 0.195. The van der Waals surface area contributed by atoms with Gasteiger partial charge < -0.3 is 9.84 Å². The Morgan fingerprint density at radius 1 is 1.29 bits per heavy atom. The Balaban J connectivity index is 2.03. The van der Waals surface area contributed by atoms with Gasteiger partial charge in [-0.25, -0.2) is 10.2 Å². The highest BCUT2D eigenvalue weighted by Gasteiger charge is 2.06. The molecule has 0 radical (unpaired) electrons. The van der Waals surface area contributed by atoms with Crippen LogP contribution in [0, 0.1) is 0 Å². The van der Waals surface area contributed by atoms with E-state index >= 15 is 0 Å². The van der Waals surface area contributed by atoms with Gasteiger partial charge in [-0.05, 0) is 41.5 Å². The van der Waals surface area contributed by atoms with Crippen LogP contribution in [0.4, 0.5) is 0 Å². The molecule has 2 rings (SSSR count). The van der Waals surface area contributed by atoms with Crippen LogP contribution in [-0.2, 0) is 11.4 Å². The lowest BCUT2D eigenvalue weighted by atomic mass is 10.1. The van der Waals surface area contributed by atoms with Gasteiger partial charge in [-0.2, -0.15) is 5.10 Å². The van der Waals surface area contributed by atoms with Gasteiger partial charge in [0.25, 0.3) is 0 Å². The van der Waals surface area contributed by atoms with Crippen molar-refractivity contribution in [1.82, 2.24) is 5.43 Å². The van der Waals surface area contributed by atoms with E-state index < -0.39 is 5.97 Å². The zero-order valence-corrected chi connectivity index (χ0v) is 13.6. The van der Waals surface area contributed by atoms with Crippen molar-refractivity contribution >= 4 is 29.7 Å². The van der Waals surface area contributed by atoms with Crippen molar-refractivity contribution in [3.63, 3.8) is 0 Å². The van der Waals surface area contributed by atoms with Gasteiger partial charge in [-0.1, -0.05) is 23.7 Å². The maximum Gasteiger partial charge on any atom is 0.335 e. The molecule has 0 bridgehead atoms. The third-order valence-corrected chi connectivity index (χ3v) is 3.26. The maximum atomic E-state index is 10.9. The number of hydrogen-bond acceptors (Lipinski definition) is 4. The Hall–Kier alpha value is -2.86. The van der Waals surface area contributed by atoms with Gasteiger partial charge in [0.2, 0.25) is 5.91 Å². The number of benzene rings is 2. The quantitative estimate of drug-likeness (QED) is 0.621. The van der Waals surface area contributed by atoms with Crippen molar-refractivity contribution in [1.29, 1.82) is 0 Å². The largest absolute Gasteiger partial charge is 0.487 e. The van der Waals surface area contributed by atoms with Crippen LogP contribution in [0.1, 0.15) is 28.4 Å². The number of rotatable bonds is 6. The molecule has 0 spiro atoms. The summed E-state index contributed by atoms with van der Waals surface area (Å²) < 4.78 is 5.62. The standard InChI is InChI=1S/C17H15ClN2O4/c1-11(21)20-19-9-12-5-6-16(15(18)8-12)24-10-13-3-2-4-14(7-13)17(22)23/h2-9H,10H2,1H3,(H,20,21)(H,22,23)/b19-9-. The molecule has 0 aliphatic heterocycles. The molecule has 0 saturated heterocycles. The van der Waals surface area contributed by atoms with E-state index in [4.69, 9.17) is 21.4 Å². The third-order valence-electron chi connectivity index (χ3n) is 2.96. The van der Waals surface area contributed by atoms with E-state index in [2.05, 4.69) is 10.5 Å². The molecule has 1 amide bonds. The number of carbonyl (C=O) groups is 2. The van der Waals surface area contributed by atoms with Crippen molar-refractivity contribution in [3.05, 3.63) is 64.2 Å². The molecule has 0 atom stereocenters. The summed E-state index contributed by atoms with van der Waals surface area (Å²) in [7, 11) is 0. The normalized spacial score (nSPS) is 10.6. The molecule has 0 unspecified atom stereocenters. The third kappa shape index (κ3) is 5.10. The predicted molar refractivity (Wildman–Crippen MR) is 90.6 cm³/mol. The molecule has 0 aromatic heterocycles. The molecular weight excluding hydrogens is 332 g/mol. The highest BCUT2D eigenvalue weighted by atomic mass is 35.5. The minimum Gasteiger partial charge on any atom is -0.487 e. The van der Waals surface area contributed by atoms with Crippen LogP contribution in [0.5, 0.6) is 5.75 Å². The lowest BCUT2D eigenvalue weighted by Gasteiger charge is -2.09. The second-order valence-electron chi connectivity index (χ2n) is 4.91. The first kappa shape index (κ1) is 17.5. The first-order chi connectivity index (χ1) is 11.5. The van der Waals surface area contributed by atoms with Crippen LogP contribution in [-0.4, -0.2) is 23.2 Å². The number of carboxylic acid groups (broad SMARTS) is 1. The van der Waals surface area contributed by atoms with E-state index in [1.807, 2.05) is 0 Å². The van der Waals surface area contributed by atoms with E-state index in [1.54, 1.807) is 36.4 Å². The highest BCUT2D eigenvalue weighted by molar-refractivity contribution is 6.32. The van der Waals surface area contributed by atoms with E-state index in [0.717, 1.165) is 5.56 Å². The number of hydrogen-bond donors (Lipinski definition) is 2. The molecule has 0 saturated carbocycles. The van der Waals surface area contributed by atoms with Crippen molar-refractivity contribution in [2.45, 2.75) is 13.5 Å². The molecule has 0 aliphatic rings. The van der Waals surface area contributed by atoms with E-state index in [9.17, 15) is 9.59 Å². The molecule has 6 nitrogen and oxygen atoms in total. The molecule has 124 valence electrons. The van der Waals surface area contributed by atoms with Crippen molar-refractivity contribution in [3.8, 4) is 5.75 Å². The summed E-state index contributed by atoms with van der Waals surface area (Å²) in [6, 6.07) is 11.6. The van der Waals surface area contributed by atoms with E-state index in [0.29, 0.717) is 16.3 Å². The van der Waals surface area contributed by atoms with E-state index in [1.165, 1.54) is 19.2 Å². The van der Waals surface area contributed by atoms with Gasteiger partial charge in [0.15, 0.2) is 0 Å². The number of carboxylic acids is 1. The lowest BCUT2D eigenvalue weighted by molar-refractivity contribution is -0.118. The average Bonchev–Trinajstić information content (AvgIpc) is 2.54. The Labute approximate surface area is 143 Å². The number of carbonyl (C=O) groups excluding carboxylic acids is 1.